The second-order valence-electron chi connectivity index (χ2n) is 6.60. The number of ether oxygens (including phenoxy) is 1. The molecule has 1 aliphatic heterocycles. The molecule has 2 aromatic carbocycles. The van der Waals surface area contributed by atoms with Gasteiger partial charge in [0.25, 0.3) is 0 Å². The van der Waals surface area contributed by atoms with Crippen molar-refractivity contribution in [2.45, 2.75) is 25.7 Å². The van der Waals surface area contributed by atoms with Crippen LogP contribution in [0.3, 0.4) is 0 Å². The topological polar surface area (TPSA) is 44.7 Å². The summed E-state index contributed by atoms with van der Waals surface area (Å²) < 4.78 is 5.86. The number of piperazine rings is 1. The van der Waals surface area contributed by atoms with Gasteiger partial charge in [-0.15, -0.1) is 0 Å². The molecule has 1 fully saturated rings. The summed E-state index contributed by atoms with van der Waals surface area (Å²) >= 11 is 5.96. The van der Waals surface area contributed by atoms with Crippen molar-refractivity contribution in [2.75, 3.05) is 32.8 Å². The molecule has 0 saturated carbocycles. The molecular weight excluding hydrogens is 348 g/mol. The highest BCUT2D eigenvalue weighted by Gasteiger charge is 2.27. The Morgan fingerprint density at radius 2 is 1.62 bits per heavy atom. The van der Waals surface area contributed by atoms with Gasteiger partial charge in [0.1, 0.15) is 12.3 Å². The van der Waals surface area contributed by atoms with Crippen LogP contribution in [0.25, 0.3) is 11.1 Å². The van der Waals surface area contributed by atoms with Crippen LogP contribution >= 0.6 is 11.6 Å². The predicted molar refractivity (Wildman–Crippen MR) is 106 cm³/mol. The Hall–Kier alpha value is -1.43. The van der Waals surface area contributed by atoms with Gasteiger partial charge in [-0.05, 0) is 35.7 Å². The predicted octanol–water partition coefficient (Wildman–Crippen LogP) is 3.18. The van der Waals surface area contributed by atoms with Crippen molar-refractivity contribution in [3.8, 4) is 11.1 Å². The smallest absolute Gasteiger partial charge is 0.134 e. The van der Waals surface area contributed by atoms with Gasteiger partial charge in [-0.1, -0.05) is 48.0 Å². The summed E-state index contributed by atoms with van der Waals surface area (Å²) in [6.45, 7) is 6.08. The summed E-state index contributed by atoms with van der Waals surface area (Å²) in [4.78, 5) is 2.10. The maximum Gasteiger partial charge on any atom is 0.134 e. The molecule has 0 radical (unpaired) electrons. The molecule has 1 heterocycles. The molecule has 2 unspecified atom stereocenters. The van der Waals surface area contributed by atoms with Crippen LogP contribution < -0.4 is 5.32 Å². The third-order valence-corrected chi connectivity index (χ3v) is 5.06. The zero-order valence-corrected chi connectivity index (χ0v) is 16.0. The Labute approximate surface area is 160 Å². The Morgan fingerprint density at radius 3 is 2.19 bits per heavy atom. The summed E-state index contributed by atoms with van der Waals surface area (Å²) in [6.07, 6.45) is -0.104. The normalized spacial score (nSPS) is 17.8. The quantitative estimate of drug-likeness (QED) is 0.781. The van der Waals surface area contributed by atoms with E-state index < -0.39 is 6.23 Å². The van der Waals surface area contributed by atoms with Crippen LogP contribution in [0.1, 0.15) is 12.5 Å². The van der Waals surface area contributed by atoms with Gasteiger partial charge in [0, 0.05) is 44.2 Å². The number of hydrogen-bond donors (Lipinski definition) is 2. The summed E-state index contributed by atoms with van der Waals surface area (Å²) in [5.41, 5.74) is 3.46. The van der Waals surface area contributed by atoms with Crippen LogP contribution in [0.2, 0.25) is 5.02 Å². The van der Waals surface area contributed by atoms with Gasteiger partial charge < -0.3 is 15.2 Å². The van der Waals surface area contributed by atoms with Crippen LogP contribution in [0.4, 0.5) is 0 Å². The van der Waals surface area contributed by atoms with Gasteiger partial charge in [-0.2, -0.15) is 0 Å². The van der Waals surface area contributed by atoms with E-state index in [9.17, 15) is 5.11 Å². The van der Waals surface area contributed by atoms with Crippen molar-refractivity contribution in [1.29, 1.82) is 0 Å². The number of benzene rings is 2. The second kappa shape index (κ2) is 9.49. The van der Waals surface area contributed by atoms with E-state index in [2.05, 4.69) is 34.5 Å². The van der Waals surface area contributed by atoms with E-state index in [0.717, 1.165) is 47.9 Å². The Morgan fingerprint density at radius 1 is 1.04 bits per heavy atom. The first kappa shape index (κ1) is 19.3. The van der Waals surface area contributed by atoms with Crippen LogP contribution in [0.5, 0.6) is 0 Å². The average Bonchev–Trinajstić information content (AvgIpc) is 2.69. The minimum atomic E-state index is -0.576. The highest BCUT2D eigenvalue weighted by Crippen LogP contribution is 2.23. The van der Waals surface area contributed by atoms with E-state index in [4.69, 9.17) is 16.3 Å². The monoisotopic (exact) mass is 374 g/mol. The SMILES string of the molecule is CCOC(Cc1ccc(-c2ccc(Cl)cc2)cc1)C(O)N1CCNCC1. The molecule has 0 spiro atoms. The lowest BCUT2D eigenvalue weighted by atomic mass is 10.0. The first-order valence-electron chi connectivity index (χ1n) is 9.26. The van der Waals surface area contributed by atoms with Crippen molar-refractivity contribution in [1.82, 2.24) is 10.2 Å². The number of nitrogens with zero attached hydrogens (tertiary/aromatic N) is 1. The Bertz CT molecular complexity index is 669. The minimum absolute atomic E-state index is 0.223. The molecule has 1 saturated heterocycles. The van der Waals surface area contributed by atoms with Crippen molar-refractivity contribution >= 4 is 11.6 Å². The fourth-order valence-corrected chi connectivity index (χ4v) is 3.48. The molecule has 0 aromatic heterocycles. The molecular formula is C21H27ClN2O2. The minimum Gasteiger partial charge on any atom is -0.376 e. The standard InChI is InChI=1S/C21H27ClN2O2/c1-2-26-20(21(25)24-13-11-23-12-14-24)15-16-3-5-17(6-4-16)18-7-9-19(22)10-8-18/h3-10,20-21,23,25H,2,11-15H2,1H3. The van der Waals surface area contributed by atoms with Crippen LogP contribution in [-0.2, 0) is 11.2 Å². The number of aliphatic hydroxyl groups is 1. The van der Waals surface area contributed by atoms with Crippen LogP contribution in [0, 0.1) is 0 Å². The summed E-state index contributed by atoms with van der Waals surface area (Å²) in [5, 5.41) is 14.8. The van der Waals surface area contributed by atoms with Crippen molar-refractivity contribution in [3.05, 3.63) is 59.1 Å². The largest absolute Gasteiger partial charge is 0.376 e. The first-order valence-corrected chi connectivity index (χ1v) is 9.64. The third-order valence-electron chi connectivity index (χ3n) is 4.81. The van der Waals surface area contributed by atoms with E-state index in [0.29, 0.717) is 13.0 Å². The highest BCUT2D eigenvalue weighted by molar-refractivity contribution is 6.30. The first-order chi connectivity index (χ1) is 12.7. The molecule has 0 amide bonds. The van der Waals surface area contributed by atoms with Crippen molar-refractivity contribution in [3.63, 3.8) is 0 Å². The Balaban J connectivity index is 1.67. The number of hydrogen-bond acceptors (Lipinski definition) is 4. The fraction of sp³-hybridized carbons (Fsp3) is 0.429. The lowest BCUT2D eigenvalue weighted by Crippen LogP contribution is -2.53. The van der Waals surface area contributed by atoms with E-state index >= 15 is 0 Å². The van der Waals surface area contributed by atoms with Gasteiger partial charge in [0.15, 0.2) is 0 Å². The molecule has 2 aromatic rings. The molecule has 5 heteroatoms. The number of nitrogens with one attached hydrogen (secondary N) is 1. The number of rotatable bonds is 7. The highest BCUT2D eigenvalue weighted by atomic mass is 35.5. The third kappa shape index (κ3) is 5.06. The molecule has 2 N–H and O–H groups in total. The van der Waals surface area contributed by atoms with Crippen LogP contribution in [0.15, 0.2) is 48.5 Å². The molecule has 140 valence electrons. The van der Waals surface area contributed by atoms with Crippen molar-refractivity contribution in [2.24, 2.45) is 0 Å². The maximum absolute atomic E-state index is 10.7. The second-order valence-corrected chi connectivity index (χ2v) is 7.04. The maximum atomic E-state index is 10.7. The molecule has 26 heavy (non-hydrogen) atoms. The molecule has 1 aliphatic rings. The molecule has 2 atom stereocenters. The van der Waals surface area contributed by atoms with E-state index in [1.54, 1.807) is 0 Å². The fourth-order valence-electron chi connectivity index (χ4n) is 3.35. The zero-order chi connectivity index (χ0) is 18.4. The number of aliphatic hydroxyl groups excluding tert-OH is 1. The van der Waals surface area contributed by atoms with E-state index in [-0.39, 0.29) is 6.10 Å². The summed E-state index contributed by atoms with van der Waals surface area (Å²) in [6, 6.07) is 16.3. The van der Waals surface area contributed by atoms with Gasteiger partial charge in [0.05, 0.1) is 0 Å². The number of halogens is 1. The van der Waals surface area contributed by atoms with Gasteiger partial charge in [-0.25, -0.2) is 0 Å². The van der Waals surface area contributed by atoms with E-state index in [1.807, 2.05) is 31.2 Å². The molecule has 0 bridgehead atoms. The molecule has 4 nitrogen and oxygen atoms in total. The molecule has 0 aliphatic carbocycles. The van der Waals surface area contributed by atoms with Gasteiger partial charge in [0.2, 0.25) is 0 Å². The molecule has 3 rings (SSSR count). The lowest BCUT2D eigenvalue weighted by molar-refractivity contribution is -0.112. The summed E-state index contributed by atoms with van der Waals surface area (Å²) in [5.74, 6) is 0. The zero-order valence-electron chi connectivity index (χ0n) is 15.2. The van der Waals surface area contributed by atoms with Crippen molar-refractivity contribution < 1.29 is 9.84 Å². The van der Waals surface area contributed by atoms with E-state index in [1.165, 1.54) is 0 Å². The summed E-state index contributed by atoms with van der Waals surface area (Å²) in [7, 11) is 0. The Kier molecular flexibility index (Phi) is 7.06. The lowest BCUT2D eigenvalue weighted by Gasteiger charge is -2.35. The van der Waals surface area contributed by atoms with Gasteiger partial charge >= 0.3 is 0 Å². The average molecular weight is 375 g/mol. The van der Waals surface area contributed by atoms with Crippen LogP contribution in [-0.4, -0.2) is 55.1 Å². The van der Waals surface area contributed by atoms with Gasteiger partial charge in [-0.3, -0.25) is 4.90 Å².